The lowest BCUT2D eigenvalue weighted by Crippen LogP contribution is -2.38. The quantitative estimate of drug-likeness (QED) is 0.715. The molecule has 0 N–H and O–H groups in total. The number of hydrogen-bond acceptors (Lipinski definition) is 1. The molecular weight excluding hydrogens is 282 g/mol. The summed E-state index contributed by atoms with van der Waals surface area (Å²) in [5, 5.41) is 1.45. The van der Waals surface area contributed by atoms with E-state index in [1.165, 1.54) is 33.1 Å². The SMILES string of the molecule is Cc1cc(C)cc(-c2ncc([Si](C)(C)C)cc2CC(C)C)c1. The van der Waals surface area contributed by atoms with E-state index in [1.54, 1.807) is 0 Å². The number of aryl methyl sites for hydroxylation is 2. The molecule has 0 amide bonds. The maximum atomic E-state index is 4.89. The fraction of sp³-hybridized carbons (Fsp3) is 0.450. The third-order valence-electron chi connectivity index (χ3n) is 3.96. The van der Waals surface area contributed by atoms with Crippen LogP contribution < -0.4 is 5.19 Å². The van der Waals surface area contributed by atoms with Crippen LogP contribution in [0.15, 0.2) is 30.5 Å². The van der Waals surface area contributed by atoms with Gasteiger partial charge in [0.05, 0.1) is 13.8 Å². The van der Waals surface area contributed by atoms with Gasteiger partial charge in [0.25, 0.3) is 0 Å². The Balaban J connectivity index is 2.59. The lowest BCUT2D eigenvalue weighted by molar-refractivity contribution is 0.647. The summed E-state index contributed by atoms with van der Waals surface area (Å²) in [5.41, 5.74) is 6.45. The van der Waals surface area contributed by atoms with Crippen molar-refractivity contribution in [2.24, 2.45) is 5.92 Å². The average Bonchev–Trinajstić information content (AvgIpc) is 2.35. The average molecular weight is 312 g/mol. The Morgan fingerprint density at radius 1 is 0.955 bits per heavy atom. The number of aromatic nitrogens is 1. The van der Waals surface area contributed by atoms with Crippen molar-refractivity contribution in [2.45, 2.75) is 53.8 Å². The zero-order valence-corrected chi connectivity index (χ0v) is 16.1. The Morgan fingerprint density at radius 3 is 2.05 bits per heavy atom. The van der Waals surface area contributed by atoms with Gasteiger partial charge in [-0.2, -0.15) is 0 Å². The van der Waals surface area contributed by atoms with Crippen molar-refractivity contribution in [3.8, 4) is 11.3 Å². The molecule has 0 aliphatic rings. The topological polar surface area (TPSA) is 12.9 Å². The molecule has 0 fully saturated rings. The summed E-state index contributed by atoms with van der Waals surface area (Å²) in [6, 6.07) is 9.16. The largest absolute Gasteiger partial charge is 0.256 e. The fourth-order valence-corrected chi connectivity index (χ4v) is 3.95. The molecule has 0 aliphatic heterocycles. The maximum Gasteiger partial charge on any atom is 0.0796 e. The zero-order valence-electron chi connectivity index (χ0n) is 15.1. The van der Waals surface area contributed by atoms with Crippen LogP contribution in [0.4, 0.5) is 0 Å². The molecule has 1 aromatic heterocycles. The molecule has 1 heterocycles. The van der Waals surface area contributed by atoms with Gasteiger partial charge in [-0.1, -0.05) is 56.7 Å². The van der Waals surface area contributed by atoms with E-state index in [2.05, 4.69) is 77.8 Å². The van der Waals surface area contributed by atoms with E-state index in [9.17, 15) is 0 Å². The number of rotatable bonds is 4. The van der Waals surface area contributed by atoms with E-state index in [1.807, 2.05) is 0 Å². The van der Waals surface area contributed by atoms with E-state index in [-0.39, 0.29) is 0 Å². The Hall–Kier alpha value is -1.41. The molecule has 2 rings (SSSR count). The van der Waals surface area contributed by atoms with E-state index in [4.69, 9.17) is 4.98 Å². The summed E-state index contributed by atoms with van der Waals surface area (Å²) in [4.78, 5) is 4.89. The van der Waals surface area contributed by atoms with Crippen molar-refractivity contribution in [1.82, 2.24) is 4.98 Å². The van der Waals surface area contributed by atoms with Crippen molar-refractivity contribution in [3.05, 3.63) is 47.2 Å². The van der Waals surface area contributed by atoms with Crippen molar-refractivity contribution in [1.29, 1.82) is 0 Å². The van der Waals surface area contributed by atoms with E-state index in [0.29, 0.717) is 5.92 Å². The van der Waals surface area contributed by atoms with Crippen LogP contribution in [0.5, 0.6) is 0 Å². The first-order chi connectivity index (χ1) is 10.2. The molecule has 0 atom stereocenters. The standard InChI is InChI=1S/C20H29NSi/c1-14(2)8-17-12-19(22(5,6)7)13-21-20(17)18-10-15(3)9-16(4)11-18/h9-14H,8H2,1-7H3. The van der Waals surface area contributed by atoms with Crippen LogP contribution in [0.2, 0.25) is 19.6 Å². The minimum Gasteiger partial charge on any atom is -0.256 e. The second kappa shape index (κ2) is 6.37. The Kier molecular flexibility index (Phi) is 4.91. The van der Waals surface area contributed by atoms with Crippen molar-refractivity contribution in [3.63, 3.8) is 0 Å². The van der Waals surface area contributed by atoms with Gasteiger partial charge < -0.3 is 0 Å². The minimum atomic E-state index is -1.32. The van der Waals surface area contributed by atoms with Gasteiger partial charge in [-0.25, -0.2) is 0 Å². The number of pyridine rings is 1. The summed E-state index contributed by atoms with van der Waals surface area (Å²) in [5.74, 6) is 0.642. The van der Waals surface area contributed by atoms with Crippen LogP contribution >= 0.6 is 0 Å². The molecule has 1 aromatic carbocycles. The summed E-state index contributed by atoms with van der Waals surface area (Å²) in [7, 11) is -1.32. The summed E-state index contributed by atoms with van der Waals surface area (Å²) < 4.78 is 0. The Bertz CT molecular complexity index is 646. The molecule has 0 bridgehead atoms. The van der Waals surface area contributed by atoms with Gasteiger partial charge in [0.1, 0.15) is 0 Å². The van der Waals surface area contributed by atoms with E-state index >= 15 is 0 Å². The highest BCUT2D eigenvalue weighted by Gasteiger charge is 2.19. The number of hydrogen-bond donors (Lipinski definition) is 0. The molecule has 0 spiro atoms. The highest BCUT2D eigenvalue weighted by molar-refractivity contribution is 6.88. The predicted molar refractivity (Wildman–Crippen MR) is 101 cm³/mol. The molecule has 0 saturated carbocycles. The van der Waals surface area contributed by atoms with Crippen molar-refractivity contribution >= 4 is 13.3 Å². The third kappa shape index (κ3) is 4.07. The molecule has 0 radical (unpaired) electrons. The van der Waals surface area contributed by atoms with Gasteiger partial charge in [0.2, 0.25) is 0 Å². The molecule has 2 heteroatoms. The van der Waals surface area contributed by atoms with Gasteiger partial charge in [-0.05, 0) is 49.1 Å². The van der Waals surface area contributed by atoms with Crippen LogP contribution in [0, 0.1) is 19.8 Å². The Labute approximate surface area is 136 Å². The smallest absolute Gasteiger partial charge is 0.0796 e. The van der Waals surface area contributed by atoms with Crippen molar-refractivity contribution in [2.75, 3.05) is 0 Å². The van der Waals surface area contributed by atoms with E-state index in [0.717, 1.165) is 6.42 Å². The number of benzene rings is 1. The molecule has 2 aromatic rings. The van der Waals surface area contributed by atoms with Gasteiger partial charge in [0.15, 0.2) is 0 Å². The highest BCUT2D eigenvalue weighted by Crippen LogP contribution is 2.25. The summed E-state index contributed by atoms with van der Waals surface area (Å²) in [6.45, 7) is 16.1. The number of nitrogens with zero attached hydrogens (tertiary/aromatic N) is 1. The second-order valence-corrected chi connectivity index (χ2v) is 13.0. The molecule has 118 valence electrons. The third-order valence-corrected chi connectivity index (χ3v) is 5.96. The zero-order chi connectivity index (χ0) is 16.5. The predicted octanol–water partition coefficient (Wildman–Crippen LogP) is 5.11. The molecular formula is C20H29NSi. The summed E-state index contributed by atoms with van der Waals surface area (Å²) in [6.07, 6.45) is 3.21. The van der Waals surface area contributed by atoms with Crippen LogP contribution in [0.25, 0.3) is 11.3 Å². The minimum absolute atomic E-state index is 0.642. The van der Waals surface area contributed by atoms with Gasteiger partial charge in [-0.3, -0.25) is 4.98 Å². The van der Waals surface area contributed by atoms with Gasteiger partial charge in [0, 0.05) is 11.8 Å². The molecule has 0 aliphatic carbocycles. The first-order valence-corrected chi connectivity index (χ1v) is 11.7. The first kappa shape index (κ1) is 16.9. The van der Waals surface area contributed by atoms with E-state index < -0.39 is 8.07 Å². The molecule has 0 saturated heterocycles. The van der Waals surface area contributed by atoms with Crippen LogP contribution in [0.3, 0.4) is 0 Å². The van der Waals surface area contributed by atoms with Crippen LogP contribution in [-0.4, -0.2) is 13.1 Å². The fourth-order valence-electron chi connectivity index (χ4n) is 2.89. The molecule has 0 unspecified atom stereocenters. The lowest BCUT2D eigenvalue weighted by atomic mass is 9.96. The molecule has 22 heavy (non-hydrogen) atoms. The summed E-state index contributed by atoms with van der Waals surface area (Å²) >= 11 is 0. The monoisotopic (exact) mass is 311 g/mol. The van der Waals surface area contributed by atoms with Crippen LogP contribution in [0.1, 0.15) is 30.5 Å². The molecule has 1 nitrogen and oxygen atoms in total. The van der Waals surface area contributed by atoms with Gasteiger partial charge in [-0.15, -0.1) is 0 Å². The highest BCUT2D eigenvalue weighted by atomic mass is 28.3. The van der Waals surface area contributed by atoms with Crippen LogP contribution in [-0.2, 0) is 6.42 Å². The maximum absolute atomic E-state index is 4.89. The van der Waals surface area contributed by atoms with Crippen molar-refractivity contribution < 1.29 is 0 Å². The first-order valence-electron chi connectivity index (χ1n) is 8.25. The lowest BCUT2D eigenvalue weighted by Gasteiger charge is -2.20. The second-order valence-electron chi connectivity index (χ2n) is 7.96. The Morgan fingerprint density at radius 2 is 1.55 bits per heavy atom. The van der Waals surface area contributed by atoms with Gasteiger partial charge >= 0.3 is 0 Å². The normalized spacial score (nSPS) is 12.0.